The number of carbonyl (C=O) groups is 2. The van der Waals surface area contributed by atoms with E-state index in [4.69, 9.17) is 9.84 Å². The number of esters is 1. The van der Waals surface area contributed by atoms with Gasteiger partial charge in [-0.05, 0) is 13.3 Å². The van der Waals surface area contributed by atoms with Crippen molar-refractivity contribution in [2.24, 2.45) is 0 Å². The second-order valence-electron chi connectivity index (χ2n) is 7.17. The van der Waals surface area contributed by atoms with Crippen LogP contribution in [-0.4, -0.2) is 74.5 Å². The van der Waals surface area contributed by atoms with Crippen LogP contribution in [-0.2, 0) is 14.3 Å². The van der Waals surface area contributed by atoms with Crippen molar-refractivity contribution < 1.29 is 19.4 Å². The van der Waals surface area contributed by atoms with Crippen LogP contribution in [0.15, 0.2) is 0 Å². The SMILES string of the molecule is CCCCCCCCCCCCCCCCCC(=O)OC(C)C(=O)O.[K]. The third-order valence-electron chi connectivity index (χ3n) is 4.64. The van der Waals surface area contributed by atoms with Crippen molar-refractivity contribution in [1.82, 2.24) is 0 Å². The first-order valence-electron chi connectivity index (χ1n) is 10.5. The number of carboxylic acids is 1. The standard InChI is InChI=1S/C21H40O4.K/c1-3-4-5-6-7-8-9-10-11-12-13-14-15-16-17-18-20(22)25-19(2)21(23)24;/h19H,3-18H2,1-2H3,(H,23,24);. The number of hydrogen-bond acceptors (Lipinski definition) is 3. The summed E-state index contributed by atoms with van der Waals surface area (Å²) in [6, 6.07) is 0. The average Bonchev–Trinajstić information content (AvgIpc) is 2.58. The van der Waals surface area contributed by atoms with Crippen molar-refractivity contribution in [3.05, 3.63) is 0 Å². The van der Waals surface area contributed by atoms with Crippen molar-refractivity contribution in [2.75, 3.05) is 0 Å². The number of hydrogen-bond donors (Lipinski definition) is 1. The molecule has 0 aromatic heterocycles. The molecule has 0 aliphatic rings. The summed E-state index contributed by atoms with van der Waals surface area (Å²) < 4.78 is 4.79. The molecule has 5 heteroatoms. The van der Waals surface area contributed by atoms with Crippen LogP contribution in [0.25, 0.3) is 0 Å². The maximum atomic E-state index is 11.4. The fraction of sp³-hybridized carbons (Fsp3) is 0.905. The number of carbonyl (C=O) groups excluding carboxylic acids is 1. The molecule has 0 amide bonds. The second kappa shape index (κ2) is 21.9. The predicted octanol–water partition coefficient (Wildman–Crippen LogP) is 5.88. The van der Waals surface area contributed by atoms with E-state index in [1.807, 2.05) is 0 Å². The average molecular weight is 396 g/mol. The van der Waals surface area contributed by atoms with Gasteiger partial charge in [-0.3, -0.25) is 4.79 Å². The van der Waals surface area contributed by atoms with Crippen LogP contribution in [0.4, 0.5) is 0 Å². The number of aliphatic carboxylic acids is 1. The van der Waals surface area contributed by atoms with Crippen molar-refractivity contribution in [3.8, 4) is 0 Å². The number of carboxylic acid groups (broad SMARTS) is 1. The van der Waals surface area contributed by atoms with Gasteiger partial charge < -0.3 is 9.84 Å². The Hall–Kier alpha value is 0.576. The molecule has 26 heavy (non-hydrogen) atoms. The molecule has 1 atom stereocenters. The zero-order valence-corrected chi connectivity index (χ0v) is 20.7. The van der Waals surface area contributed by atoms with Gasteiger partial charge in [0.05, 0.1) is 0 Å². The summed E-state index contributed by atoms with van der Waals surface area (Å²) >= 11 is 0. The number of ether oxygens (including phenoxy) is 1. The molecule has 0 aliphatic heterocycles. The Kier molecular flexibility index (Phi) is 24.2. The minimum absolute atomic E-state index is 0. The molecule has 149 valence electrons. The summed E-state index contributed by atoms with van der Waals surface area (Å²) in [5, 5.41) is 8.66. The molecule has 4 nitrogen and oxygen atoms in total. The minimum Gasteiger partial charge on any atom is -0.479 e. The van der Waals surface area contributed by atoms with Crippen LogP contribution >= 0.6 is 0 Å². The van der Waals surface area contributed by atoms with Gasteiger partial charge in [-0.2, -0.15) is 0 Å². The van der Waals surface area contributed by atoms with Gasteiger partial charge in [0, 0.05) is 57.8 Å². The topological polar surface area (TPSA) is 63.6 Å². The first kappa shape index (κ1) is 28.8. The fourth-order valence-electron chi connectivity index (χ4n) is 2.95. The third-order valence-corrected chi connectivity index (χ3v) is 4.64. The first-order valence-corrected chi connectivity index (χ1v) is 10.5. The van der Waals surface area contributed by atoms with Gasteiger partial charge in [0.2, 0.25) is 0 Å². The zero-order valence-electron chi connectivity index (χ0n) is 17.6. The summed E-state index contributed by atoms with van der Waals surface area (Å²) in [5.74, 6) is -1.49. The smallest absolute Gasteiger partial charge is 0.344 e. The van der Waals surface area contributed by atoms with Crippen LogP contribution in [0.5, 0.6) is 0 Å². The van der Waals surface area contributed by atoms with E-state index in [0.717, 1.165) is 19.3 Å². The summed E-state index contributed by atoms with van der Waals surface area (Å²) in [5.41, 5.74) is 0. The van der Waals surface area contributed by atoms with Crippen molar-refractivity contribution in [2.45, 2.75) is 123 Å². The van der Waals surface area contributed by atoms with E-state index >= 15 is 0 Å². The van der Waals surface area contributed by atoms with Gasteiger partial charge in [-0.1, -0.05) is 96.8 Å². The van der Waals surface area contributed by atoms with Gasteiger partial charge in [0.1, 0.15) is 0 Å². The monoisotopic (exact) mass is 395 g/mol. The van der Waals surface area contributed by atoms with Crippen molar-refractivity contribution in [1.29, 1.82) is 0 Å². The Morgan fingerprint density at radius 1 is 0.731 bits per heavy atom. The Morgan fingerprint density at radius 2 is 1.08 bits per heavy atom. The zero-order chi connectivity index (χ0) is 18.8. The molecule has 0 spiro atoms. The van der Waals surface area contributed by atoms with Crippen LogP contribution in [0.1, 0.15) is 117 Å². The normalized spacial score (nSPS) is 11.6. The predicted molar refractivity (Wildman–Crippen MR) is 108 cm³/mol. The van der Waals surface area contributed by atoms with E-state index in [9.17, 15) is 9.59 Å². The molecule has 0 rings (SSSR count). The van der Waals surface area contributed by atoms with E-state index in [1.165, 1.54) is 84.0 Å². The molecule has 1 radical (unpaired) electrons. The molecule has 0 saturated heterocycles. The first-order chi connectivity index (χ1) is 12.1. The van der Waals surface area contributed by atoms with Gasteiger partial charge >= 0.3 is 11.9 Å². The molecule has 0 fully saturated rings. The van der Waals surface area contributed by atoms with Crippen LogP contribution in [0, 0.1) is 0 Å². The molecule has 0 heterocycles. The largest absolute Gasteiger partial charge is 0.479 e. The van der Waals surface area contributed by atoms with Gasteiger partial charge in [0.25, 0.3) is 0 Å². The number of unbranched alkanes of at least 4 members (excludes halogenated alkanes) is 14. The maximum absolute atomic E-state index is 11.4. The van der Waals surface area contributed by atoms with E-state index in [-0.39, 0.29) is 51.4 Å². The van der Waals surface area contributed by atoms with Gasteiger partial charge in [-0.15, -0.1) is 0 Å². The Balaban J connectivity index is 0. The molecular weight excluding hydrogens is 355 g/mol. The molecule has 0 bridgehead atoms. The summed E-state index contributed by atoms with van der Waals surface area (Å²) in [6.45, 7) is 3.64. The van der Waals surface area contributed by atoms with Crippen LogP contribution in [0.2, 0.25) is 0 Å². The molecule has 0 saturated carbocycles. The van der Waals surface area contributed by atoms with Gasteiger partial charge in [-0.25, -0.2) is 4.79 Å². The molecule has 1 unspecified atom stereocenters. The van der Waals surface area contributed by atoms with E-state index in [1.54, 1.807) is 0 Å². The number of rotatable bonds is 18. The van der Waals surface area contributed by atoms with Gasteiger partial charge in [0.15, 0.2) is 6.10 Å². The van der Waals surface area contributed by atoms with E-state index < -0.39 is 18.0 Å². The maximum Gasteiger partial charge on any atom is 0.344 e. The molecule has 1 N–H and O–H groups in total. The summed E-state index contributed by atoms with van der Waals surface area (Å²) in [6.07, 6.45) is 18.6. The van der Waals surface area contributed by atoms with E-state index in [0.29, 0.717) is 6.42 Å². The fourth-order valence-corrected chi connectivity index (χ4v) is 2.95. The Bertz CT molecular complexity index is 334. The third kappa shape index (κ3) is 20.9. The Labute approximate surface area is 203 Å². The Morgan fingerprint density at radius 3 is 1.42 bits per heavy atom. The summed E-state index contributed by atoms with van der Waals surface area (Å²) in [7, 11) is 0. The minimum atomic E-state index is -1.09. The molecular formula is C21H40KO4. The quantitative estimate of drug-likeness (QED) is 0.179. The van der Waals surface area contributed by atoms with Crippen molar-refractivity contribution in [3.63, 3.8) is 0 Å². The molecule has 0 aromatic carbocycles. The molecule has 0 aliphatic carbocycles. The summed E-state index contributed by atoms with van der Waals surface area (Å²) in [4.78, 5) is 22.0. The van der Waals surface area contributed by atoms with Crippen molar-refractivity contribution >= 4 is 63.3 Å². The van der Waals surface area contributed by atoms with Crippen LogP contribution in [0.3, 0.4) is 0 Å². The van der Waals surface area contributed by atoms with E-state index in [2.05, 4.69) is 6.92 Å². The van der Waals surface area contributed by atoms with Crippen LogP contribution < -0.4 is 0 Å². The second-order valence-corrected chi connectivity index (χ2v) is 7.17. The molecule has 0 aromatic rings.